The summed E-state index contributed by atoms with van der Waals surface area (Å²) in [6.07, 6.45) is 1.62. The van der Waals surface area contributed by atoms with Crippen LogP contribution < -0.4 is 0 Å². The van der Waals surface area contributed by atoms with Crippen molar-refractivity contribution in [1.82, 2.24) is 0 Å². The van der Waals surface area contributed by atoms with Gasteiger partial charge in [-0.2, -0.15) is 0 Å². The number of aliphatic imine (C=N–C) groups is 1. The number of carboxylic acid groups (broad SMARTS) is 1. The normalized spacial score (nSPS) is 10.6. The summed E-state index contributed by atoms with van der Waals surface area (Å²) >= 11 is 0. The third-order valence-electron chi connectivity index (χ3n) is 1.59. The van der Waals surface area contributed by atoms with Gasteiger partial charge in [0.15, 0.2) is 0 Å². The first-order valence-corrected chi connectivity index (χ1v) is 4.19. The van der Waals surface area contributed by atoms with Gasteiger partial charge in [-0.25, -0.2) is 0 Å². The summed E-state index contributed by atoms with van der Waals surface area (Å²) in [7, 11) is 0. The molecule has 0 amide bonds. The molecule has 0 bridgehead atoms. The molecule has 4 nitrogen and oxygen atoms in total. The number of nitrogens with zero attached hydrogens (tertiary/aromatic N) is 1. The van der Waals surface area contributed by atoms with Crippen molar-refractivity contribution in [1.29, 1.82) is 0 Å². The molecule has 1 aromatic carbocycles. The summed E-state index contributed by atoms with van der Waals surface area (Å²) in [5.74, 6) is -0.652. The van der Waals surface area contributed by atoms with E-state index in [2.05, 4.69) is 4.99 Å². The number of benzene rings is 1. The third kappa shape index (κ3) is 3.71. The van der Waals surface area contributed by atoms with E-state index in [-0.39, 0.29) is 18.7 Å². The molecule has 0 aliphatic rings. The molecule has 0 aromatic heterocycles. The van der Waals surface area contributed by atoms with Crippen LogP contribution >= 0.6 is 0 Å². The lowest BCUT2D eigenvalue weighted by Gasteiger charge is -1.93. The first-order chi connectivity index (χ1) is 6.68. The smallest absolute Gasteiger partial charge is 0.305 e. The van der Waals surface area contributed by atoms with Gasteiger partial charge in [-0.15, -0.1) is 0 Å². The van der Waals surface area contributed by atoms with Crippen molar-refractivity contribution in [3.63, 3.8) is 0 Å². The van der Waals surface area contributed by atoms with Crippen molar-refractivity contribution in [3.05, 3.63) is 29.8 Å². The molecule has 0 aliphatic carbocycles. The van der Waals surface area contributed by atoms with Crippen LogP contribution in [0.5, 0.6) is 5.75 Å². The van der Waals surface area contributed by atoms with Gasteiger partial charge in [-0.05, 0) is 29.8 Å². The second-order valence-electron chi connectivity index (χ2n) is 2.77. The number of aliphatic carboxylic acids is 1. The Bertz CT molecular complexity index is 330. The number of phenolic OH excluding ortho intramolecular Hbond substituents is 1. The lowest BCUT2D eigenvalue weighted by molar-refractivity contribution is -0.136. The number of hydrogen-bond acceptors (Lipinski definition) is 3. The maximum Gasteiger partial charge on any atom is 0.305 e. The Labute approximate surface area is 81.5 Å². The lowest BCUT2D eigenvalue weighted by Crippen LogP contribution is -1.96. The van der Waals surface area contributed by atoms with Crippen LogP contribution in [-0.2, 0) is 4.79 Å². The van der Waals surface area contributed by atoms with Crippen LogP contribution in [0.1, 0.15) is 12.0 Å². The van der Waals surface area contributed by atoms with Gasteiger partial charge in [0.1, 0.15) is 5.75 Å². The number of rotatable bonds is 4. The zero-order valence-electron chi connectivity index (χ0n) is 7.55. The predicted octanol–water partition coefficient (Wildman–Crippen LogP) is 1.29. The molecule has 0 heterocycles. The molecular formula is C10H11NO3. The fraction of sp³-hybridized carbons (Fsp3) is 0.200. The van der Waals surface area contributed by atoms with Gasteiger partial charge in [0.2, 0.25) is 0 Å². The van der Waals surface area contributed by atoms with Gasteiger partial charge < -0.3 is 10.2 Å². The molecule has 0 spiro atoms. The summed E-state index contributed by atoms with van der Waals surface area (Å²) in [6.45, 7) is 0.274. The molecule has 74 valence electrons. The van der Waals surface area contributed by atoms with Crippen molar-refractivity contribution in [2.24, 2.45) is 4.99 Å². The second kappa shape index (κ2) is 5.01. The van der Waals surface area contributed by atoms with Crippen molar-refractivity contribution in [3.8, 4) is 5.75 Å². The van der Waals surface area contributed by atoms with Crippen LogP contribution in [0.3, 0.4) is 0 Å². The van der Waals surface area contributed by atoms with Gasteiger partial charge >= 0.3 is 5.97 Å². The summed E-state index contributed by atoms with van der Waals surface area (Å²) < 4.78 is 0. The van der Waals surface area contributed by atoms with Crippen LogP contribution in [0.25, 0.3) is 0 Å². The average Bonchev–Trinajstić information content (AvgIpc) is 2.15. The highest BCUT2D eigenvalue weighted by atomic mass is 16.4. The summed E-state index contributed by atoms with van der Waals surface area (Å²) in [5.41, 5.74) is 0.841. The molecule has 4 heteroatoms. The van der Waals surface area contributed by atoms with E-state index in [1.165, 1.54) is 0 Å². The minimum absolute atomic E-state index is 0.0363. The van der Waals surface area contributed by atoms with Gasteiger partial charge in [0.25, 0.3) is 0 Å². The molecular weight excluding hydrogens is 182 g/mol. The molecule has 0 saturated carbocycles. The highest BCUT2D eigenvalue weighted by molar-refractivity contribution is 5.80. The standard InChI is InChI=1S/C10H11NO3/c12-9-3-1-8(2-4-9)7-11-6-5-10(13)14/h1-4,7,12H,5-6H2,(H,13,14). The van der Waals surface area contributed by atoms with Crippen LogP contribution in [0.2, 0.25) is 0 Å². The van der Waals surface area contributed by atoms with E-state index >= 15 is 0 Å². The monoisotopic (exact) mass is 193 g/mol. The summed E-state index contributed by atoms with van der Waals surface area (Å²) in [4.78, 5) is 14.1. The highest BCUT2D eigenvalue weighted by Gasteiger charge is 1.93. The Morgan fingerprint density at radius 1 is 1.36 bits per heavy atom. The molecule has 14 heavy (non-hydrogen) atoms. The number of carboxylic acids is 1. The van der Waals surface area contributed by atoms with E-state index in [4.69, 9.17) is 10.2 Å². The van der Waals surface area contributed by atoms with E-state index in [0.717, 1.165) is 5.56 Å². The van der Waals surface area contributed by atoms with Crippen molar-refractivity contribution in [2.45, 2.75) is 6.42 Å². The number of phenols is 1. The van der Waals surface area contributed by atoms with Crippen molar-refractivity contribution < 1.29 is 15.0 Å². The maximum absolute atomic E-state index is 10.1. The topological polar surface area (TPSA) is 69.9 Å². The Morgan fingerprint density at radius 3 is 2.57 bits per heavy atom. The van der Waals surface area contributed by atoms with Gasteiger partial charge in [-0.1, -0.05) is 0 Å². The van der Waals surface area contributed by atoms with Gasteiger partial charge in [0.05, 0.1) is 6.42 Å². The van der Waals surface area contributed by atoms with Gasteiger partial charge in [0, 0.05) is 12.8 Å². The zero-order valence-corrected chi connectivity index (χ0v) is 7.55. The fourth-order valence-electron chi connectivity index (χ4n) is 0.891. The van der Waals surface area contributed by atoms with Crippen molar-refractivity contribution in [2.75, 3.05) is 6.54 Å². The van der Waals surface area contributed by atoms with Gasteiger partial charge in [-0.3, -0.25) is 9.79 Å². The molecule has 0 unspecified atom stereocenters. The Morgan fingerprint density at radius 2 is 2.00 bits per heavy atom. The molecule has 0 fully saturated rings. The van der Waals surface area contributed by atoms with E-state index in [0.29, 0.717) is 0 Å². The van der Waals surface area contributed by atoms with E-state index in [1.807, 2.05) is 0 Å². The fourth-order valence-corrected chi connectivity index (χ4v) is 0.891. The third-order valence-corrected chi connectivity index (χ3v) is 1.59. The van der Waals surface area contributed by atoms with Crippen LogP contribution in [0.4, 0.5) is 0 Å². The Hall–Kier alpha value is -1.84. The second-order valence-corrected chi connectivity index (χ2v) is 2.77. The number of hydrogen-bond donors (Lipinski definition) is 2. The minimum Gasteiger partial charge on any atom is -0.508 e. The molecule has 0 saturated heterocycles. The quantitative estimate of drug-likeness (QED) is 0.708. The van der Waals surface area contributed by atoms with E-state index in [9.17, 15) is 4.79 Å². The lowest BCUT2D eigenvalue weighted by atomic mass is 10.2. The van der Waals surface area contributed by atoms with Crippen LogP contribution in [-0.4, -0.2) is 28.9 Å². The van der Waals surface area contributed by atoms with E-state index < -0.39 is 5.97 Å². The molecule has 2 N–H and O–H groups in total. The molecule has 0 aliphatic heterocycles. The number of aromatic hydroxyl groups is 1. The van der Waals surface area contributed by atoms with Crippen molar-refractivity contribution >= 4 is 12.2 Å². The first-order valence-electron chi connectivity index (χ1n) is 4.19. The summed E-state index contributed by atoms with van der Waals surface area (Å²) in [6, 6.07) is 6.52. The minimum atomic E-state index is -0.854. The summed E-state index contributed by atoms with van der Waals surface area (Å²) in [5, 5.41) is 17.3. The Kier molecular flexibility index (Phi) is 3.67. The van der Waals surface area contributed by atoms with Crippen LogP contribution in [0.15, 0.2) is 29.3 Å². The maximum atomic E-state index is 10.1. The Balaban J connectivity index is 2.44. The average molecular weight is 193 g/mol. The van der Waals surface area contributed by atoms with Crippen LogP contribution in [0, 0.1) is 0 Å². The molecule has 1 rings (SSSR count). The number of carbonyl (C=O) groups is 1. The first kappa shape index (κ1) is 10.2. The zero-order chi connectivity index (χ0) is 10.4. The largest absolute Gasteiger partial charge is 0.508 e. The highest BCUT2D eigenvalue weighted by Crippen LogP contribution is 2.07. The molecule has 0 atom stereocenters. The van der Waals surface area contributed by atoms with E-state index in [1.54, 1.807) is 30.5 Å². The predicted molar refractivity (Wildman–Crippen MR) is 52.8 cm³/mol. The molecule has 0 radical (unpaired) electrons. The SMILES string of the molecule is O=C(O)CCN=Cc1ccc(O)cc1. The molecule has 1 aromatic rings.